The van der Waals surface area contributed by atoms with E-state index in [2.05, 4.69) is 34.2 Å². The molecule has 4 rings (SSSR count). The summed E-state index contributed by atoms with van der Waals surface area (Å²) in [5.74, 6) is 0.170. The number of piperazine rings is 1. The fourth-order valence-corrected chi connectivity index (χ4v) is 4.57. The Morgan fingerprint density at radius 3 is 2.32 bits per heavy atom. The highest BCUT2D eigenvalue weighted by atomic mass is 16.5. The van der Waals surface area contributed by atoms with E-state index in [-0.39, 0.29) is 5.91 Å². The number of nitrogens with one attached hydrogen (secondary N) is 1. The van der Waals surface area contributed by atoms with E-state index >= 15 is 0 Å². The van der Waals surface area contributed by atoms with Crippen molar-refractivity contribution in [2.24, 2.45) is 0 Å². The van der Waals surface area contributed by atoms with Gasteiger partial charge in [0.15, 0.2) is 0 Å². The Hall–Kier alpha value is -1.63. The molecule has 0 unspecified atom stereocenters. The highest BCUT2D eigenvalue weighted by Crippen LogP contribution is 2.22. The van der Waals surface area contributed by atoms with Crippen molar-refractivity contribution < 1.29 is 9.53 Å². The van der Waals surface area contributed by atoms with E-state index in [9.17, 15) is 4.79 Å². The Kier molecular flexibility index (Phi) is 6.50. The average Bonchev–Trinajstić information content (AvgIpc) is 3.27. The van der Waals surface area contributed by atoms with E-state index in [0.29, 0.717) is 12.1 Å². The number of anilines is 1. The number of hydrogen-bond donors (Lipinski definition) is 1. The second-order valence-corrected chi connectivity index (χ2v) is 8.26. The van der Waals surface area contributed by atoms with Gasteiger partial charge in [0.25, 0.3) is 5.91 Å². The van der Waals surface area contributed by atoms with Crippen LogP contribution in [0.25, 0.3) is 0 Å². The number of ether oxygens (including phenoxy) is 1. The minimum atomic E-state index is 0.170. The maximum absolute atomic E-state index is 12.8. The molecule has 1 aromatic rings. The zero-order valence-corrected chi connectivity index (χ0v) is 17.1. The van der Waals surface area contributed by atoms with Gasteiger partial charge in [0.05, 0.1) is 6.61 Å². The molecule has 1 N–H and O–H groups in total. The standard InChI is InChI=1S/C22H34N4O2/c1-2-24-12-14-26(15-13-24)22(27)18-3-5-21(6-4-18)25-10-7-19(8-11-25)23-20-9-16-28-17-20/h3-6,19-20,23H,2,7-17H2,1H3/t20-/m1/s1. The van der Waals surface area contributed by atoms with Crippen LogP contribution in [0, 0.1) is 0 Å². The molecule has 6 nitrogen and oxygen atoms in total. The van der Waals surface area contributed by atoms with Crippen molar-refractivity contribution in [2.75, 3.05) is 63.9 Å². The van der Waals surface area contributed by atoms with Crippen molar-refractivity contribution in [2.45, 2.75) is 38.3 Å². The van der Waals surface area contributed by atoms with Crippen LogP contribution in [0.4, 0.5) is 5.69 Å². The lowest BCUT2D eigenvalue weighted by Gasteiger charge is -2.35. The van der Waals surface area contributed by atoms with Crippen LogP contribution in [0.15, 0.2) is 24.3 Å². The SMILES string of the molecule is CCN1CCN(C(=O)c2ccc(N3CCC(N[C@@H]4CCOC4)CC3)cc2)CC1. The largest absolute Gasteiger partial charge is 0.380 e. The second kappa shape index (κ2) is 9.25. The average molecular weight is 387 g/mol. The van der Waals surface area contributed by atoms with Crippen LogP contribution >= 0.6 is 0 Å². The van der Waals surface area contributed by atoms with Crippen molar-refractivity contribution in [3.05, 3.63) is 29.8 Å². The molecule has 154 valence electrons. The van der Waals surface area contributed by atoms with E-state index in [1.54, 1.807) is 0 Å². The van der Waals surface area contributed by atoms with Crippen molar-refractivity contribution in [1.82, 2.24) is 15.1 Å². The summed E-state index contributed by atoms with van der Waals surface area (Å²) in [6.07, 6.45) is 3.47. The minimum Gasteiger partial charge on any atom is -0.380 e. The van der Waals surface area contributed by atoms with Crippen molar-refractivity contribution >= 4 is 11.6 Å². The molecular weight excluding hydrogens is 352 g/mol. The quantitative estimate of drug-likeness (QED) is 0.836. The molecule has 0 saturated carbocycles. The minimum absolute atomic E-state index is 0.170. The molecule has 1 aromatic carbocycles. The monoisotopic (exact) mass is 386 g/mol. The molecule has 1 atom stereocenters. The predicted molar refractivity (Wildman–Crippen MR) is 112 cm³/mol. The van der Waals surface area contributed by atoms with Crippen molar-refractivity contribution in [3.63, 3.8) is 0 Å². The van der Waals surface area contributed by atoms with Gasteiger partial charge in [-0.25, -0.2) is 0 Å². The third kappa shape index (κ3) is 4.67. The first-order chi connectivity index (χ1) is 13.7. The van der Waals surface area contributed by atoms with Crippen molar-refractivity contribution in [1.29, 1.82) is 0 Å². The molecule has 3 aliphatic heterocycles. The lowest BCUT2D eigenvalue weighted by molar-refractivity contribution is 0.0643. The summed E-state index contributed by atoms with van der Waals surface area (Å²) in [5.41, 5.74) is 2.04. The second-order valence-electron chi connectivity index (χ2n) is 8.26. The first-order valence-corrected chi connectivity index (χ1v) is 10.9. The third-order valence-electron chi connectivity index (χ3n) is 6.48. The third-order valence-corrected chi connectivity index (χ3v) is 6.48. The van der Waals surface area contributed by atoms with Crippen LogP contribution in [0.5, 0.6) is 0 Å². The van der Waals surface area contributed by atoms with E-state index in [1.807, 2.05) is 17.0 Å². The number of carbonyl (C=O) groups excluding carboxylic acids is 1. The summed E-state index contributed by atoms with van der Waals surface area (Å²) in [6.45, 7) is 10.8. The van der Waals surface area contributed by atoms with E-state index in [4.69, 9.17) is 4.74 Å². The van der Waals surface area contributed by atoms with E-state index in [1.165, 1.54) is 18.5 Å². The molecule has 3 heterocycles. The van der Waals surface area contributed by atoms with Gasteiger partial charge < -0.3 is 24.8 Å². The molecule has 3 aliphatic rings. The maximum atomic E-state index is 12.8. The zero-order valence-electron chi connectivity index (χ0n) is 17.1. The normalized spacial score (nSPS) is 24.7. The van der Waals surface area contributed by atoms with Crippen LogP contribution in [0.2, 0.25) is 0 Å². The fraction of sp³-hybridized carbons (Fsp3) is 0.682. The van der Waals surface area contributed by atoms with Gasteiger partial charge in [-0.1, -0.05) is 6.92 Å². The van der Waals surface area contributed by atoms with Gasteiger partial charge in [-0.15, -0.1) is 0 Å². The Labute approximate surface area is 168 Å². The first-order valence-electron chi connectivity index (χ1n) is 10.9. The van der Waals surface area contributed by atoms with Gasteiger partial charge in [-0.2, -0.15) is 0 Å². The first kappa shape index (κ1) is 19.7. The zero-order chi connectivity index (χ0) is 19.3. The van der Waals surface area contributed by atoms with Crippen LogP contribution in [-0.2, 0) is 4.74 Å². The van der Waals surface area contributed by atoms with Gasteiger partial charge >= 0.3 is 0 Å². The Bertz CT molecular complexity index is 628. The van der Waals surface area contributed by atoms with Crippen LogP contribution in [0.1, 0.15) is 36.5 Å². The summed E-state index contributed by atoms with van der Waals surface area (Å²) in [7, 11) is 0. The summed E-state index contributed by atoms with van der Waals surface area (Å²) < 4.78 is 5.47. The van der Waals surface area contributed by atoms with Crippen LogP contribution < -0.4 is 10.2 Å². The highest BCUT2D eigenvalue weighted by molar-refractivity contribution is 5.94. The summed E-state index contributed by atoms with van der Waals surface area (Å²) >= 11 is 0. The van der Waals surface area contributed by atoms with Gasteiger partial charge in [0.2, 0.25) is 0 Å². The highest BCUT2D eigenvalue weighted by Gasteiger charge is 2.25. The van der Waals surface area contributed by atoms with E-state index in [0.717, 1.165) is 71.0 Å². The number of carbonyl (C=O) groups is 1. The number of hydrogen-bond acceptors (Lipinski definition) is 5. The molecule has 0 bridgehead atoms. The van der Waals surface area contributed by atoms with E-state index < -0.39 is 0 Å². The molecule has 3 fully saturated rings. The lowest BCUT2D eigenvalue weighted by Crippen LogP contribution is -2.48. The lowest BCUT2D eigenvalue weighted by atomic mass is 10.0. The Balaban J connectivity index is 1.27. The number of amides is 1. The molecule has 28 heavy (non-hydrogen) atoms. The molecule has 0 spiro atoms. The smallest absolute Gasteiger partial charge is 0.253 e. The molecule has 0 aromatic heterocycles. The maximum Gasteiger partial charge on any atom is 0.253 e. The Morgan fingerprint density at radius 2 is 1.71 bits per heavy atom. The number of nitrogens with zero attached hydrogens (tertiary/aromatic N) is 3. The molecule has 1 amide bonds. The van der Waals surface area contributed by atoms with Gasteiger partial charge in [-0.3, -0.25) is 4.79 Å². The van der Waals surface area contributed by atoms with Crippen LogP contribution in [0.3, 0.4) is 0 Å². The van der Waals surface area contributed by atoms with Crippen LogP contribution in [-0.4, -0.2) is 86.8 Å². The molecule has 0 radical (unpaired) electrons. The predicted octanol–water partition coefficient (Wildman–Crippen LogP) is 1.81. The summed E-state index contributed by atoms with van der Waals surface area (Å²) in [4.78, 5) is 19.6. The van der Waals surface area contributed by atoms with Gasteiger partial charge in [0.1, 0.15) is 0 Å². The number of likely N-dealkylation sites (N-methyl/N-ethyl adjacent to an activating group) is 1. The number of piperidine rings is 1. The Morgan fingerprint density at radius 1 is 1.00 bits per heavy atom. The fourth-order valence-electron chi connectivity index (χ4n) is 4.57. The topological polar surface area (TPSA) is 48.0 Å². The van der Waals surface area contributed by atoms with Crippen molar-refractivity contribution in [3.8, 4) is 0 Å². The molecule has 6 heteroatoms. The molecular formula is C22H34N4O2. The molecule has 3 saturated heterocycles. The number of benzene rings is 1. The number of rotatable bonds is 5. The summed E-state index contributed by atoms with van der Waals surface area (Å²) in [5, 5.41) is 3.75. The van der Waals surface area contributed by atoms with Gasteiger partial charge in [-0.05, 0) is 50.1 Å². The summed E-state index contributed by atoms with van der Waals surface area (Å²) in [6, 6.07) is 9.39. The van der Waals surface area contributed by atoms with Gasteiger partial charge in [0, 0.05) is 69.2 Å². The molecule has 0 aliphatic carbocycles.